The molecule has 0 atom stereocenters. The van der Waals surface area contributed by atoms with Crippen molar-refractivity contribution in [3.8, 4) is 0 Å². The molecule has 1 N–H and O–H groups in total. The number of carbonyl (C=O) groups excluding carboxylic acids is 1. The van der Waals surface area contributed by atoms with E-state index < -0.39 is 0 Å². The second-order valence-corrected chi connectivity index (χ2v) is 6.53. The zero-order valence-electron chi connectivity index (χ0n) is 11.5. The Balaban J connectivity index is 1.39. The van der Waals surface area contributed by atoms with Crippen LogP contribution in [0.3, 0.4) is 0 Å². The summed E-state index contributed by atoms with van der Waals surface area (Å²) in [6.45, 7) is 4.82. The Morgan fingerprint density at radius 3 is 2.11 bits per heavy atom. The van der Waals surface area contributed by atoms with Crippen LogP contribution >= 0.6 is 0 Å². The van der Waals surface area contributed by atoms with E-state index in [1.165, 1.54) is 32.2 Å². The lowest BCUT2D eigenvalue weighted by atomic mass is 9.96. The van der Waals surface area contributed by atoms with Crippen LogP contribution in [0.25, 0.3) is 0 Å². The lowest BCUT2D eigenvalue weighted by molar-refractivity contribution is -0.129. The van der Waals surface area contributed by atoms with Crippen LogP contribution in [0.1, 0.15) is 45.4 Å². The van der Waals surface area contributed by atoms with Gasteiger partial charge in [0, 0.05) is 26.1 Å². The minimum atomic E-state index is 0.238. The van der Waals surface area contributed by atoms with Crippen molar-refractivity contribution in [1.82, 2.24) is 10.2 Å². The van der Waals surface area contributed by atoms with E-state index >= 15 is 0 Å². The second-order valence-electron chi connectivity index (χ2n) is 6.53. The van der Waals surface area contributed by atoms with Gasteiger partial charge in [-0.25, -0.2) is 0 Å². The van der Waals surface area contributed by atoms with Crippen LogP contribution in [-0.4, -0.2) is 36.5 Å². The molecule has 0 aromatic rings. The largest absolute Gasteiger partial charge is 0.343 e. The van der Waals surface area contributed by atoms with E-state index in [4.69, 9.17) is 0 Å². The van der Waals surface area contributed by atoms with Crippen molar-refractivity contribution in [2.45, 2.75) is 51.5 Å². The van der Waals surface area contributed by atoms with Gasteiger partial charge in [-0.2, -0.15) is 0 Å². The summed E-state index contributed by atoms with van der Waals surface area (Å²) in [6.07, 6.45) is 8.19. The van der Waals surface area contributed by atoms with Crippen molar-refractivity contribution >= 4 is 5.91 Å². The lowest BCUT2D eigenvalue weighted by Gasteiger charge is -2.32. The highest BCUT2D eigenvalue weighted by atomic mass is 16.2. The lowest BCUT2D eigenvalue weighted by Crippen LogP contribution is -2.45. The van der Waals surface area contributed by atoms with E-state index in [0.29, 0.717) is 6.04 Å². The molecule has 3 aliphatic rings. The third-order valence-corrected chi connectivity index (χ3v) is 5.04. The summed E-state index contributed by atoms with van der Waals surface area (Å²) in [6, 6.07) is 0.653. The molecule has 102 valence electrons. The third kappa shape index (κ3) is 3.05. The Bertz CT molecular complexity index is 290. The predicted molar refractivity (Wildman–Crippen MR) is 72.2 cm³/mol. The number of nitrogens with zero attached hydrogens (tertiary/aromatic N) is 1. The van der Waals surface area contributed by atoms with Crippen LogP contribution in [0, 0.1) is 17.8 Å². The minimum Gasteiger partial charge on any atom is -0.343 e. The highest BCUT2D eigenvalue weighted by Gasteiger charge is 2.41. The van der Waals surface area contributed by atoms with Crippen molar-refractivity contribution in [2.24, 2.45) is 17.8 Å². The molecule has 3 heteroatoms. The topological polar surface area (TPSA) is 32.3 Å². The summed E-state index contributed by atoms with van der Waals surface area (Å²) < 4.78 is 0. The second kappa shape index (κ2) is 5.20. The van der Waals surface area contributed by atoms with Crippen LogP contribution in [0.2, 0.25) is 0 Å². The van der Waals surface area contributed by atoms with E-state index in [9.17, 15) is 4.79 Å². The molecule has 3 nitrogen and oxygen atoms in total. The van der Waals surface area contributed by atoms with Crippen LogP contribution in [-0.2, 0) is 4.79 Å². The highest BCUT2D eigenvalue weighted by Crippen LogP contribution is 2.48. The first-order valence-electron chi connectivity index (χ1n) is 7.73. The molecule has 0 aromatic carbocycles. The van der Waals surface area contributed by atoms with Gasteiger partial charge in [0.15, 0.2) is 0 Å². The van der Waals surface area contributed by atoms with E-state index in [2.05, 4.69) is 5.32 Å². The number of carbonyl (C=O) groups is 1. The molecular formula is C15H26N2O. The summed E-state index contributed by atoms with van der Waals surface area (Å²) in [5.74, 6) is 3.29. The first-order valence-corrected chi connectivity index (χ1v) is 7.73. The first kappa shape index (κ1) is 12.5. The maximum Gasteiger partial charge on any atom is 0.219 e. The Kier molecular flexibility index (Phi) is 3.60. The Morgan fingerprint density at radius 2 is 1.67 bits per heavy atom. The van der Waals surface area contributed by atoms with E-state index in [1.807, 2.05) is 4.90 Å². The molecule has 0 spiro atoms. The van der Waals surface area contributed by atoms with Crippen LogP contribution < -0.4 is 5.32 Å². The highest BCUT2D eigenvalue weighted by molar-refractivity contribution is 5.73. The average Bonchev–Trinajstić information content (AvgIpc) is 3.24. The number of likely N-dealkylation sites (tertiary alicyclic amines) is 1. The van der Waals surface area contributed by atoms with Gasteiger partial charge < -0.3 is 10.2 Å². The Labute approximate surface area is 110 Å². The van der Waals surface area contributed by atoms with Gasteiger partial charge in [0.25, 0.3) is 0 Å². The first-order chi connectivity index (χ1) is 8.74. The zero-order valence-corrected chi connectivity index (χ0v) is 11.5. The van der Waals surface area contributed by atoms with Gasteiger partial charge in [0.1, 0.15) is 0 Å². The Morgan fingerprint density at radius 1 is 1.11 bits per heavy atom. The molecule has 0 unspecified atom stereocenters. The molecule has 3 rings (SSSR count). The standard InChI is InChI=1S/C15H26N2O/c1-11(18)17-8-6-14(7-9-17)16-10-15(12-2-3-12)13-4-5-13/h12-16H,2-10H2,1H3. The number of hydrogen-bond acceptors (Lipinski definition) is 2. The van der Waals surface area contributed by atoms with Crippen LogP contribution in [0.5, 0.6) is 0 Å². The summed E-state index contributed by atoms with van der Waals surface area (Å²) in [5, 5.41) is 3.79. The predicted octanol–water partition coefficient (Wildman–Crippen LogP) is 2.02. The summed E-state index contributed by atoms with van der Waals surface area (Å²) >= 11 is 0. The Hall–Kier alpha value is -0.570. The minimum absolute atomic E-state index is 0.238. The summed E-state index contributed by atoms with van der Waals surface area (Å²) in [7, 11) is 0. The molecule has 1 saturated heterocycles. The van der Waals surface area contributed by atoms with E-state index in [1.54, 1.807) is 6.92 Å². The normalized spacial score (nSPS) is 25.8. The fraction of sp³-hybridized carbons (Fsp3) is 0.933. The van der Waals surface area contributed by atoms with Gasteiger partial charge in [0.05, 0.1) is 0 Å². The molecule has 18 heavy (non-hydrogen) atoms. The van der Waals surface area contributed by atoms with Crippen molar-refractivity contribution in [2.75, 3.05) is 19.6 Å². The van der Waals surface area contributed by atoms with Crippen molar-refractivity contribution < 1.29 is 4.79 Å². The molecule has 2 saturated carbocycles. The quantitative estimate of drug-likeness (QED) is 0.809. The maximum absolute atomic E-state index is 11.3. The van der Waals surface area contributed by atoms with Gasteiger partial charge in [-0.3, -0.25) is 4.79 Å². The molecule has 1 aliphatic heterocycles. The number of piperidine rings is 1. The van der Waals surface area contributed by atoms with Crippen molar-refractivity contribution in [3.63, 3.8) is 0 Å². The number of amides is 1. The van der Waals surface area contributed by atoms with Gasteiger partial charge in [-0.05, 0) is 62.8 Å². The van der Waals surface area contributed by atoms with E-state index in [0.717, 1.165) is 43.7 Å². The van der Waals surface area contributed by atoms with Crippen LogP contribution in [0.4, 0.5) is 0 Å². The molecule has 3 fully saturated rings. The average molecular weight is 250 g/mol. The number of hydrogen-bond donors (Lipinski definition) is 1. The fourth-order valence-electron chi connectivity index (χ4n) is 3.47. The monoisotopic (exact) mass is 250 g/mol. The smallest absolute Gasteiger partial charge is 0.219 e. The fourth-order valence-corrected chi connectivity index (χ4v) is 3.47. The molecule has 0 bridgehead atoms. The zero-order chi connectivity index (χ0) is 12.5. The summed E-state index contributed by atoms with van der Waals surface area (Å²) in [4.78, 5) is 13.3. The van der Waals surface area contributed by atoms with Crippen molar-refractivity contribution in [1.29, 1.82) is 0 Å². The molecule has 1 amide bonds. The SMILES string of the molecule is CC(=O)N1CCC(NCC(C2CC2)C2CC2)CC1. The molecule has 0 aromatic heterocycles. The maximum atomic E-state index is 11.3. The van der Waals surface area contributed by atoms with Gasteiger partial charge in [-0.1, -0.05) is 0 Å². The van der Waals surface area contributed by atoms with Crippen LogP contribution in [0.15, 0.2) is 0 Å². The van der Waals surface area contributed by atoms with E-state index in [-0.39, 0.29) is 5.91 Å². The van der Waals surface area contributed by atoms with Gasteiger partial charge in [0.2, 0.25) is 5.91 Å². The molecule has 0 radical (unpaired) electrons. The molecule has 1 heterocycles. The van der Waals surface area contributed by atoms with Gasteiger partial charge in [-0.15, -0.1) is 0 Å². The third-order valence-electron chi connectivity index (χ3n) is 5.04. The number of rotatable bonds is 5. The molecular weight excluding hydrogens is 224 g/mol. The van der Waals surface area contributed by atoms with Gasteiger partial charge >= 0.3 is 0 Å². The van der Waals surface area contributed by atoms with Crippen molar-refractivity contribution in [3.05, 3.63) is 0 Å². The molecule has 2 aliphatic carbocycles. The number of nitrogens with one attached hydrogen (secondary N) is 1. The summed E-state index contributed by atoms with van der Waals surface area (Å²) in [5.41, 5.74) is 0.